The van der Waals surface area contributed by atoms with E-state index < -0.39 is 11.3 Å². The third-order valence-electron chi connectivity index (χ3n) is 9.57. The van der Waals surface area contributed by atoms with Crippen LogP contribution in [0, 0.1) is 0 Å². The van der Waals surface area contributed by atoms with Crippen molar-refractivity contribution in [3.8, 4) is 0 Å². The zero-order valence-electron chi connectivity index (χ0n) is 29.2. The van der Waals surface area contributed by atoms with Crippen molar-refractivity contribution >= 4 is 70.4 Å². The first-order valence-corrected chi connectivity index (χ1v) is 17.7. The molecule has 6 heterocycles. The Hall–Kier alpha value is -4.61. The summed E-state index contributed by atoms with van der Waals surface area (Å²) in [5, 5.41) is 13.0. The molecule has 4 aromatic rings. The summed E-state index contributed by atoms with van der Waals surface area (Å²) in [5.74, 6) is 5.07. The molecule has 4 aromatic heterocycles. The number of nitrogens with one attached hydrogen (secondary N) is 4. The number of halogens is 3. The van der Waals surface area contributed by atoms with E-state index in [1.54, 1.807) is 42.2 Å². The van der Waals surface area contributed by atoms with E-state index in [9.17, 15) is 14.4 Å². The number of nitrogens with zero attached hydrogens (tertiary/aromatic N) is 7. The highest BCUT2D eigenvalue weighted by Gasteiger charge is 2.46. The largest absolute Gasteiger partial charge is 0.337 e. The monoisotopic (exact) mass is 786 g/mol. The molecule has 0 radical (unpaired) electrons. The first-order chi connectivity index (χ1) is 25.2. The number of carbonyl (C=O) groups is 2. The lowest BCUT2D eigenvalue weighted by molar-refractivity contribution is 0.0867. The second kappa shape index (κ2) is 17.0. The molecule has 2 aliphatic heterocycles. The van der Waals surface area contributed by atoms with Crippen LogP contribution in [0.4, 0.5) is 23.0 Å². The van der Waals surface area contributed by atoms with E-state index in [0.29, 0.717) is 33.5 Å². The SMILES string of the molecule is CN=c1c(Nc2ccncn2)cc(Cl)c2n1C1(CCCCC1)NC2=O.CON.Cl.O=C1NC2(CCCCC2)n2c1c(Cl)cc(Nc1ccncn1)c2=O. The van der Waals surface area contributed by atoms with Crippen LogP contribution in [0.3, 0.4) is 0 Å². The Bertz CT molecular complexity index is 2070. The van der Waals surface area contributed by atoms with Gasteiger partial charge in [-0.15, -0.1) is 12.4 Å². The van der Waals surface area contributed by atoms with Crippen LogP contribution in [-0.4, -0.2) is 55.0 Å². The van der Waals surface area contributed by atoms with Gasteiger partial charge >= 0.3 is 0 Å². The molecule has 282 valence electrons. The third kappa shape index (κ3) is 7.87. The van der Waals surface area contributed by atoms with Crippen molar-refractivity contribution in [1.82, 2.24) is 39.7 Å². The van der Waals surface area contributed by atoms with E-state index >= 15 is 0 Å². The quantitative estimate of drug-likeness (QED) is 0.176. The first-order valence-electron chi connectivity index (χ1n) is 17.0. The summed E-state index contributed by atoms with van der Waals surface area (Å²) in [6.07, 6.45) is 15.7. The number of nitrogens with two attached hydrogens (primary N) is 1. The van der Waals surface area contributed by atoms with Crippen LogP contribution in [0.15, 0.2) is 59.1 Å². The number of aromatic nitrogens is 6. The zero-order valence-corrected chi connectivity index (χ0v) is 31.5. The van der Waals surface area contributed by atoms with Crippen molar-refractivity contribution in [2.24, 2.45) is 10.9 Å². The summed E-state index contributed by atoms with van der Waals surface area (Å²) in [7, 11) is 3.13. The zero-order chi connectivity index (χ0) is 36.9. The molecular weight excluding hydrogens is 747 g/mol. The van der Waals surface area contributed by atoms with Gasteiger partial charge in [0.15, 0.2) is 5.49 Å². The molecule has 0 atom stereocenters. The molecule has 0 saturated heterocycles. The summed E-state index contributed by atoms with van der Waals surface area (Å²) >= 11 is 12.8. The highest BCUT2D eigenvalue weighted by atomic mass is 35.5. The van der Waals surface area contributed by atoms with Crippen molar-refractivity contribution in [2.45, 2.75) is 75.5 Å². The number of carbonyl (C=O) groups excluding carboxylic acids is 2. The van der Waals surface area contributed by atoms with Gasteiger partial charge in [0.2, 0.25) is 0 Å². The van der Waals surface area contributed by atoms with Crippen LogP contribution in [0.5, 0.6) is 0 Å². The highest BCUT2D eigenvalue weighted by Crippen LogP contribution is 2.40. The van der Waals surface area contributed by atoms with E-state index in [0.717, 1.165) is 63.5 Å². The molecule has 0 aromatic carbocycles. The number of amides is 2. The van der Waals surface area contributed by atoms with Gasteiger partial charge in [0.25, 0.3) is 17.4 Å². The van der Waals surface area contributed by atoms with Crippen LogP contribution in [0.1, 0.15) is 85.2 Å². The van der Waals surface area contributed by atoms with E-state index in [1.165, 1.54) is 32.3 Å². The van der Waals surface area contributed by atoms with Crippen molar-refractivity contribution < 1.29 is 14.4 Å². The van der Waals surface area contributed by atoms with Crippen LogP contribution >= 0.6 is 35.6 Å². The fraction of sp³-hybridized carbons (Fsp3) is 0.412. The molecule has 0 unspecified atom stereocenters. The Kier molecular flexibility index (Phi) is 12.7. The number of anilines is 4. The van der Waals surface area contributed by atoms with Crippen molar-refractivity contribution in [3.63, 3.8) is 0 Å². The average molecular weight is 788 g/mol. The van der Waals surface area contributed by atoms with E-state index in [1.807, 2.05) is 4.57 Å². The van der Waals surface area contributed by atoms with E-state index in [-0.39, 0.29) is 40.5 Å². The minimum atomic E-state index is -0.658. The smallest absolute Gasteiger partial charge is 0.276 e. The number of fused-ring (bicyclic) bond motifs is 4. The number of hydrogen-bond donors (Lipinski definition) is 5. The van der Waals surface area contributed by atoms with Gasteiger partial charge in [-0.2, -0.15) is 0 Å². The minimum absolute atomic E-state index is 0. The Morgan fingerprint density at radius 3 is 1.66 bits per heavy atom. The van der Waals surface area contributed by atoms with Gasteiger partial charge in [0.1, 0.15) is 52.7 Å². The number of pyridine rings is 2. The molecule has 16 nitrogen and oxygen atoms in total. The fourth-order valence-electron chi connectivity index (χ4n) is 7.45. The second-order valence-corrected chi connectivity index (χ2v) is 13.6. The fourth-order valence-corrected chi connectivity index (χ4v) is 8.01. The molecule has 6 N–H and O–H groups in total. The van der Waals surface area contributed by atoms with Gasteiger partial charge in [-0.1, -0.05) is 36.0 Å². The predicted molar refractivity (Wildman–Crippen MR) is 203 cm³/mol. The van der Waals surface area contributed by atoms with Gasteiger partial charge in [-0.05, 0) is 75.6 Å². The molecule has 0 bridgehead atoms. The summed E-state index contributed by atoms with van der Waals surface area (Å²) < 4.78 is 3.53. The Morgan fingerprint density at radius 2 is 1.21 bits per heavy atom. The van der Waals surface area contributed by atoms with E-state index in [4.69, 9.17) is 23.2 Å². The molecule has 2 saturated carbocycles. The molecular formula is C34H41Cl3N12O4. The van der Waals surface area contributed by atoms with Crippen molar-refractivity contribution in [2.75, 3.05) is 24.8 Å². The summed E-state index contributed by atoms with van der Waals surface area (Å²) in [6.45, 7) is 0. The molecule has 2 spiro atoms. The van der Waals surface area contributed by atoms with Gasteiger partial charge in [-0.3, -0.25) is 28.5 Å². The standard InChI is InChI=1S/C17H19ClN6O.C16H16ClN5O2.CH5NO.ClH/c1-19-15-12(22-13-5-8-20-10-21-13)9-11(18)14-16(25)23-17(24(14)15)6-3-2-4-7-17;17-10-8-11(20-12-4-7-18-9-19-12)15(24)22-13(10)14(23)21-16(22)5-2-1-3-6-16;1-3-2;/h5,8-10H,2-4,6-7H2,1H3,(H,23,25)(H,20,21,22);4,7-9H,1-3,5-6H2,(H,21,23)(H,18,19,20);2H2,1H3;1H. The maximum atomic E-state index is 13.0. The molecule has 2 amide bonds. The summed E-state index contributed by atoms with van der Waals surface area (Å²) in [6, 6.07) is 6.65. The summed E-state index contributed by atoms with van der Waals surface area (Å²) in [4.78, 5) is 62.3. The lowest BCUT2D eigenvalue weighted by atomic mass is 9.89. The van der Waals surface area contributed by atoms with Gasteiger partial charge < -0.3 is 26.1 Å². The van der Waals surface area contributed by atoms with Gasteiger partial charge in [0.05, 0.1) is 22.8 Å². The van der Waals surface area contributed by atoms with Crippen LogP contribution in [0.25, 0.3) is 0 Å². The summed E-state index contributed by atoms with van der Waals surface area (Å²) in [5.41, 5.74) is 1.07. The van der Waals surface area contributed by atoms with Crippen molar-refractivity contribution in [1.29, 1.82) is 0 Å². The lowest BCUT2D eigenvalue weighted by Crippen LogP contribution is -2.49. The molecule has 2 aliphatic carbocycles. The van der Waals surface area contributed by atoms with Crippen LogP contribution < -0.4 is 38.2 Å². The highest BCUT2D eigenvalue weighted by molar-refractivity contribution is 6.34. The Labute approximate surface area is 321 Å². The Balaban J connectivity index is 0.000000187. The maximum Gasteiger partial charge on any atom is 0.276 e. The number of hydrogen-bond acceptors (Lipinski definition) is 12. The topological polar surface area (TPSA) is 208 Å². The van der Waals surface area contributed by atoms with E-state index in [2.05, 4.69) is 56.9 Å². The molecule has 2 fully saturated rings. The second-order valence-electron chi connectivity index (χ2n) is 12.8. The van der Waals surface area contributed by atoms with Crippen LogP contribution in [-0.2, 0) is 16.2 Å². The normalized spacial score (nSPS) is 17.6. The maximum absolute atomic E-state index is 13.0. The van der Waals surface area contributed by atoms with Gasteiger partial charge in [0, 0.05) is 19.4 Å². The third-order valence-corrected chi connectivity index (χ3v) is 10.1. The predicted octanol–water partition coefficient (Wildman–Crippen LogP) is 4.89. The average Bonchev–Trinajstić information content (AvgIpc) is 3.59. The Morgan fingerprint density at radius 1 is 0.774 bits per heavy atom. The number of rotatable bonds is 4. The molecule has 19 heteroatoms. The molecule has 4 aliphatic rings. The van der Waals surface area contributed by atoms with Crippen molar-refractivity contribution in [3.05, 3.63) is 86.6 Å². The molecule has 53 heavy (non-hydrogen) atoms. The minimum Gasteiger partial charge on any atom is -0.337 e. The van der Waals surface area contributed by atoms with Crippen LogP contribution in [0.2, 0.25) is 10.0 Å². The first kappa shape index (κ1) is 39.6. The van der Waals surface area contributed by atoms with Gasteiger partial charge in [-0.25, -0.2) is 25.8 Å². The molecule has 8 rings (SSSR count). The lowest BCUT2D eigenvalue weighted by Gasteiger charge is -2.36.